The molecule has 0 spiro atoms. The van der Waals surface area contributed by atoms with Crippen molar-refractivity contribution < 1.29 is 4.79 Å². The van der Waals surface area contributed by atoms with Crippen LogP contribution in [0.25, 0.3) is 0 Å². The number of hydrogen-bond donors (Lipinski definition) is 2. The molecular weight excluding hydrogens is 338 g/mol. The van der Waals surface area contributed by atoms with Gasteiger partial charge in [0, 0.05) is 56.6 Å². The lowest BCUT2D eigenvalue weighted by Crippen LogP contribution is -2.48. The standard InChI is InChI=1S/C21H29N5O/c1-25-15-17(14-23-25)21-19(9-10-20(27)24-21)22-13-16-5-7-18(8-6-16)26-11-3-2-4-12-26/h5-8,14-15,19,21-22H,2-4,9-13H2,1H3,(H,24,27)/t19-,21+/m1/s1. The summed E-state index contributed by atoms with van der Waals surface area (Å²) in [6.45, 7) is 3.15. The third-order valence-corrected chi connectivity index (χ3v) is 5.71. The number of carbonyl (C=O) groups excluding carboxylic acids is 1. The van der Waals surface area contributed by atoms with E-state index in [-0.39, 0.29) is 18.0 Å². The summed E-state index contributed by atoms with van der Waals surface area (Å²) in [6.07, 6.45) is 9.20. The highest BCUT2D eigenvalue weighted by Gasteiger charge is 2.30. The molecule has 0 saturated carbocycles. The van der Waals surface area contributed by atoms with Crippen molar-refractivity contribution in [3.05, 3.63) is 47.8 Å². The highest BCUT2D eigenvalue weighted by molar-refractivity contribution is 5.77. The number of hydrogen-bond acceptors (Lipinski definition) is 4. The number of aromatic nitrogens is 2. The fourth-order valence-electron chi connectivity index (χ4n) is 4.16. The first-order chi connectivity index (χ1) is 13.2. The van der Waals surface area contributed by atoms with Crippen molar-refractivity contribution in [1.82, 2.24) is 20.4 Å². The van der Waals surface area contributed by atoms with E-state index in [9.17, 15) is 4.79 Å². The van der Waals surface area contributed by atoms with Crippen LogP contribution in [0.2, 0.25) is 0 Å². The van der Waals surface area contributed by atoms with Crippen molar-refractivity contribution in [2.24, 2.45) is 7.05 Å². The summed E-state index contributed by atoms with van der Waals surface area (Å²) < 4.78 is 1.78. The number of rotatable bonds is 5. The van der Waals surface area contributed by atoms with E-state index in [4.69, 9.17) is 0 Å². The van der Waals surface area contributed by atoms with Crippen LogP contribution in [-0.4, -0.2) is 34.8 Å². The fraction of sp³-hybridized carbons (Fsp3) is 0.524. The molecule has 6 heteroatoms. The molecule has 0 bridgehead atoms. The van der Waals surface area contributed by atoms with Crippen LogP contribution >= 0.6 is 0 Å². The lowest BCUT2D eigenvalue weighted by molar-refractivity contribution is -0.123. The maximum atomic E-state index is 11.9. The van der Waals surface area contributed by atoms with Gasteiger partial charge in [0.2, 0.25) is 5.91 Å². The monoisotopic (exact) mass is 367 g/mol. The van der Waals surface area contributed by atoms with E-state index < -0.39 is 0 Å². The molecule has 1 aromatic heterocycles. The third-order valence-electron chi connectivity index (χ3n) is 5.71. The summed E-state index contributed by atoms with van der Waals surface area (Å²) >= 11 is 0. The van der Waals surface area contributed by atoms with Gasteiger partial charge in [0.25, 0.3) is 0 Å². The van der Waals surface area contributed by atoms with Crippen LogP contribution in [0.3, 0.4) is 0 Å². The predicted octanol–water partition coefficient (Wildman–Crippen LogP) is 2.52. The number of anilines is 1. The van der Waals surface area contributed by atoms with Crippen LogP contribution in [0.15, 0.2) is 36.7 Å². The Kier molecular flexibility index (Phi) is 5.43. The topological polar surface area (TPSA) is 62.2 Å². The first-order valence-corrected chi connectivity index (χ1v) is 10.0. The number of amides is 1. The largest absolute Gasteiger partial charge is 0.372 e. The molecule has 2 atom stereocenters. The van der Waals surface area contributed by atoms with Crippen molar-refractivity contribution in [3.8, 4) is 0 Å². The molecule has 4 rings (SSSR count). The number of nitrogens with zero attached hydrogens (tertiary/aromatic N) is 3. The Labute approximate surface area is 160 Å². The Morgan fingerprint density at radius 3 is 2.67 bits per heavy atom. The summed E-state index contributed by atoms with van der Waals surface area (Å²) in [4.78, 5) is 14.4. The average molecular weight is 367 g/mol. The van der Waals surface area contributed by atoms with E-state index >= 15 is 0 Å². The molecule has 0 aliphatic carbocycles. The highest BCUT2D eigenvalue weighted by atomic mass is 16.1. The number of aryl methyl sites for hydroxylation is 1. The van der Waals surface area contributed by atoms with Crippen LogP contribution < -0.4 is 15.5 Å². The van der Waals surface area contributed by atoms with Gasteiger partial charge in [-0.15, -0.1) is 0 Å². The summed E-state index contributed by atoms with van der Waals surface area (Å²) in [6, 6.07) is 9.11. The molecule has 1 aromatic carbocycles. The van der Waals surface area contributed by atoms with Gasteiger partial charge in [-0.1, -0.05) is 12.1 Å². The van der Waals surface area contributed by atoms with E-state index in [0.29, 0.717) is 6.42 Å². The van der Waals surface area contributed by atoms with Gasteiger partial charge >= 0.3 is 0 Å². The summed E-state index contributed by atoms with van der Waals surface area (Å²) in [5.74, 6) is 0.118. The molecule has 1 amide bonds. The highest BCUT2D eigenvalue weighted by Crippen LogP contribution is 2.25. The molecule has 2 N–H and O–H groups in total. The molecule has 2 aliphatic rings. The number of carbonyl (C=O) groups is 1. The molecule has 2 aromatic rings. The molecule has 144 valence electrons. The van der Waals surface area contributed by atoms with Gasteiger partial charge in [0.05, 0.1) is 12.2 Å². The van der Waals surface area contributed by atoms with Gasteiger partial charge < -0.3 is 15.5 Å². The molecule has 6 nitrogen and oxygen atoms in total. The zero-order valence-electron chi connectivity index (χ0n) is 16.0. The minimum atomic E-state index is -0.0208. The van der Waals surface area contributed by atoms with Crippen molar-refractivity contribution in [1.29, 1.82) is 0 Å². The Bertz CT molecular complexity index is 763. The zero-order chi connectivity index (χ0) is 18.6. The molecule has 0 radical (unpaired) electrons. The van der Waals surface area contributed by atoms with Crippen molar-refractivity contribution in [2.75, 3.05) is 18.0 Å². The van der Waals surface area contributed by atoms with Gasteiger partial charge in [-0.25, -0.2) is 0 Å². The minimum Gasteiger partial charge on any atom is -0.372 e. The third kappa shape index (κ3) is 4.33. The van der Waals surface area contributed by atoms with Gasteiger partial charge in [-0.2, -0.15) is 5.10 Å². The van der Waals surface area contributed by atoms with Crippen molar-refractivity contribution >= 4 is 11.6 Å². The molecule has 27 heavy (non-hydrogen) atoms. The summed E-state index contributed by atoms with van der Waals surface area (Å²) in [7, 11) is 1.90. The van der Waals surface area contributed by atoms with Gasteiger partial charge in [-0.05, 0) is 43.4 Å². The first kappa shape index (κ1) is 18.0. The van der Waals surface area contributed by atoms with Crippen molar-refractivity contribution in [3.63, 3.8) is 0 Å². The molecule has 2 fully saturated rings. The Morgan fingerprint density at radius 1 is 1.19 bits per heavy atom. The molecular formula is C21H29N5O. The molecule has 2 aliphatic heterocycles. The van der Waals surface area contributed by atoms with Crippen LogP contribution in [0.5, 0.6) is 0 Å². The minimum absolute atomic E-state index is 0.0208. The molecule has 0 unspecified atom stereocenters. The molecule has 3 heterocycles. The molecule has 2 saturated heterocycles. The van der Waals surface area contributed by atoms with E-state index in [0.717, 1.165) is 18.5 Å². The predicted molar refractivity (Wildman–Crippen MR) is 106 cm³/mol. The van der Waals surface area contributed by atoms with Gasteiger partial charge in [0.15, 0.2) is 0 Å². The Morgan fingerprint density at radius 2 is 1.96 bits per heavy atom. The maximum Gasteiger partial charge on any atom is 0.220 e. The second kappa shape index (κ2) is 8.13. The number of nitrogens with one attached hydrogen (secondary N) is 2. The van der Waals surface area contributed by atoms with E-state index in [1.54, 1.807) is 4.68 Å². The van der Waals surface area contributed by atoms with Crippen LogP contribution in [-0.2, 0) is 18.4 Å². The van der Waals surface area contributed by atoms with E-state index in [1.807, 2.05) is 19.4 Å². The quantitative estimate of drug-likeness (QED) is 0.852. The lowest BCUT2D eigenvalue weighted by atomic mass is 9.93. The fourth-order valence-corrected chi connectivity index (χ4v) is 4.16. The van der Waals surface area contributed by atoms with Crippen LogP contribution in [0.4, 0.5) is 5.69 Å². The van der Waals surface area contributed by atoms with Crippen LogP contribution in [0.1, 0.15) is 49.3 Å². The normalized spacial score (nSPS) is 23.3. The zero-order valence-corrected chi connectivity index (χ0v) is 16.0. The summed E-state index contributed by atoms with van der Waals surface area (Å²) in [5.41, 5.74) is 3.66. The maximum absolute atomic E-state index is 11.9. The number of piperidine rings is 2. The van der Waals surface area contributed by atoms with Gasteiger partial charge in [-0.3, -0.25) is 9.48 Å². The SMILES string of the molecule is Cn1cc([C@@H]2NC(=O)CC[C@H]2NCc2ccc(N3CCCCC3)cc2)cn1. The summed E-state index contributed by atoms with van der Waals surface area (Å²) in [5, 5.41) is 11.0. The second-order valence-electron chi connectivity index (χ2n) is 7.73. The van der Waals surface area contributed by atoms with Gasteiger partial charge in [0.1, 0.15) is 0 Å². The smallest absolute Gasteiger partial charge is 0.220 e. The average Bonchev–Trinajstić information content (AvgIpc) is 3.14. The van der Waals surface area contributed by atoms with Crippen molar-refractivity contribution in [2.45, 2.75) is 50.7 Å². The van der Waals surface area contributed by atoms with E-state index in [2.05, 4.69) is 44.9 Å². The first-order valence-electron chi connectivity index (χ1n) is 10.0. The number of benzene rings is 1. The van der Waals surface area contributed by atoms with Crippen LogP contribution in [0, 0.1) is 0 Å². The second-order valence-corrected chi connectivity index (χ2v) is 7.73. The Hall–Kier alpha value is -2.34. The van der Waals surface area contributed by atoms with E-state index in [1.165, 1.54) is 43.6 Å². The lowest BCUT2D eigenvalue weighted by Gasteiger charge is -2.32. The Balaban J connectivity index is 1.38.